The van der Waals surface area contributed by atoms with Crippen LogP contribution in [0.3, 0.4) is 0 Å². The second-order valence-corrected chi connectivity index (χ2v) is 5.69. The Morgan fingerprint density at radius 2 is 1.90 bits per heavy atom. The average molecular weight is 272 g/mol. The van der Waals surface area contributed by atoms with Crippen LogP contribution in [0.2, 0.25) is 0 Å². The van der Waals surface area contributed by atoms with Gasteiger partial charge in [-0.2, -0.15) is 0 Å². The molecule has 0 atom stereocenters. The van der Waals surface area contributed by atoms with Crippen molar-refractivity contribution in [1.82, 2.24) is 9.78 Å². The van der Waals surface area contributed by atoms with E-state index in [2.05, 4.69) is 25.9 Å². The number of nitrogens with zero attached hydrogens (tertiary/aromatic N) is 2. The van der Waals surface area contributed by atoms with Crippen LogP contribution < -0.4 is 0 Å². The second-order valence-electron chi connectivity index (χ2n) is 5.69. The highest BCUT2D eigenvalue weighted by atomic mass is 16.3. The lowest BCUT2D eigenvalue weighted by atomic mass is 10.0. The molecule has 2 rings (SSSR count). The molecule has 20 heavy (non-hydrogen) atoms. The fraction of sp³-hybridized carbons (Fsp3) is 0.471. The molecule has 0 bridgehead atoms. The third-order valence-electron chi connectivity index (χ3n) is 3.41. The normalized spacial score (nSPS) is 11.2. The van der Waals surface area contributed by atoms with Gasteiger partial charge in [-0.25, -0.2) is 0 Å². The van der Waals surface area contributed by atoms with E-state index < -0.39 is 0 Å². The first-order chi connectivity index (χ1) is 9.63. The minimum atomic E-state index is 0.156. The molecule has 0 spiro atoms. The molecule has 0 saturated carbocycles. The van der Waals surface area contributed by atoms with Gasteiger partial charge in [-0.05, 0) is 24.3 Å². The van der Waals surface area contributed by atoms with Crippen molar-refractivity contribution in [2.75, 3.05) is 0 Å². The second kappa shape index (κ2) is 6.60. The molecular formula is C17H24N2O. The molecule has 3 heteroatoms. The lowest BCUT2D eigenvalue weighted by Crippen LogP contribution is -2.10. The zero-order valence-corrected chi connectivity index (χ0v) is 12.6. The molecule has 0 fully saturated rings. The average Bonchev–Trinajstić information content (AvgIpc) is 2.72. The van der Waals surface area contributed by atoms with Crippen LogP contribution in [0.25, 0.3) is 11.1 Å². The summed E-state index contributed by atoms with van der Waals surface area (Å²) in [5.41, 5.74) is 3.11. The van der Waals surface area contributed by atoms with E-state index in [1.165, 1.54) is 0 Å². The molecule has 0 aliphatic carbocycles. The molecule has 0 saturated heterocycles. The number of benzene rings is 1. The van der Waals surface area contributed by atoms with Crippen molar-refractivity contribution in [3.05, 3.63) is 36.0 Å². The molecular weight excluding hydrogens is 248 g/mol. The van der Waals surface area contributed by atoms with E-state index in [0.29, 0.717) is 5.92 Å². The fourth-order valence-electron chi connectivity index (χ4n) is 2.48. The first-order valence-corrected chi connectivity index (χ1v) is 7.47. The Morgan fingerprint density at radius 3 is 2.50 bits per heavy atom. The Kier molecular flexibility index (Phi) is 4.83. The highest BCUT2D eigenvalue weighted by molar-refractivity contribution is 5.71. The molecule has 108 valence electrons. The maximum Gasteiger partial charge on any atom is 0.238 e. The quantitative estimate of drug-likeness (QED) is 0.853. The molecule has 3 nitrogen and oxygen atoms in total. The standard InChI is InChI=1S/C17H24N2O/c1-4-5-11-15-16(14-9-7-6-8-10-14)17(20)18-19(15)12-13(2)3/h6-10,13H,4-5,11-12H2,1-3H3,(H,18,20). The van der Waals surface area contributed by atoms with Crippen molar-refractivity contribution in [3.63, 3.8) is 0 Å². The van der Waals surface area contributed by atoms with Crippen molar-refractivity contribution in [2.45, 2.75) is 46.6 Å². The van der Waals surface area contributed by atoms with E-state index in [1.807, 2.05) is 35.0 Å². The molecule has 1 N–H and O–H groups in total. The number of unbranched alkanes of at least 4 members (excludes halogenated alkanes) is 1. The van der Waals surface area contributed by atoms with Crippen LogP contribution in [0.5, 0.6) is 5.88 Å². The summed E-state index contributed by atoms with van der Waals surface area (Å²) in [5.74, 6) is 0.668. The van der Waals surface area contributed by atoms with Gasteiger partial charge in [0.2, 0.25) is 5.88 Å². The number of hydrogen-bond donors (Lipinski definition) is 1. The van der Waals surface area contributed by atoms with E-state index in [-0.39, 0.29) is 5.88 Å². The largest absolute Gasteiger partial charge is 0.492 e. The van der Waals surface area contributed by atoms with Gasteiger partial charge in [-0.3, -0.25) is 4.68 Å². The Balaban J connectivity index is 2.46. The summed E-state index contributed by atoms with van der Waals surface area (Å²) in [5, 5.41) is 14.6. The Hall–Kier alpha value is -1.77. The molecule has 0 aliphatic heterocycles. The molecule has 0 amide bonds. The van der Waals surface area contributed by atoms with Gasteiger partial charge in [0.05, 0.1) is 11.3 Å². The molecule has 0 unspecified atom stereocenters. The first kappa shape index (κ1) is 14.6. The smallest absolute Gasteiger partial charge is 0.238 e. The van der Waals surface area contributed by atoms with Crippen LogP contribution in [-0.4, -0.2) is 14.9 Å². The Morgan fingerprint density at radius 1 is 1.20 bits per heavy atom. The van der Waals surface area contributed by atoms with Gasteiger partial charge >= 0.3 is 0 Å². The predicted octanol–water partition coefficient (Wildman–Crippen LogP) is 4.25. The monoisotopic (exact) mass is 272 g/mol. The van der Waals surface area contributed by atoms with E-state index >= 15 is 0 Å². The van der Waals surface area contributed by atoms with Gasteiger partial charge in [0.25, 0.3) is 0 Å². The van der Waals surface area contributed by atoms with E-state index in [4.69, 9.17) is 0 Å². The summed E-state index contributed by atoms with van der Waals surface area (Å²) in [6.07, 6.45) is 3.21. The zero-order valence-electron chi connectivity index (χ0n) is 12.6. The summed E-state index contributed by atoms with van der Waals surface area (Å²) >= 11 is 0. The third kappa shape index (κ3) is 3.21. The molecule has 0 aliphatic rings. The van der Waals surface area contributed by atoms with Crippen LogP contribution in [0.4, 0.5) is 0 Å². The SMILES string of the molecule is CCCCc1c(-c2ccccc2)c(O)nn1CC(C)C. The van der Waals surface area contributed by atoms with Crippen molar-refractivity contribution in [2.24, 2.45) is 5.92 Å². The predicted molar refractivity (Wildman–Crippen MR) is 82.8 cm³/mol. The van der Waals surface area contributed by atoms with Gasteiger partial charge in [-0.15, -0.1) is 5.10 Å². The number of aromatic hydroxyl groups is 1. The highest BCUT2D eigenvalue weighted by Gasteiger charge is 2.18. The molecule has 1 heterocycles. The fourth-order valence-corrected chi connectivity index (χ4v) is 2.48. The summed E-state index contributed by atoms with van der Waals surface area (Å²) in [6.45, 7) is 7.37. The van der Waals surface area contributed by atoms with Gasteiger partial charge in [0.1, 0.15) is 0 Å². The van der Waals surface area contributed by atoms with Crippen molar-refractivity contribution in [1.29, 1.82) is 0 Å². The minimum Gasteiger partial charge on any atom is -0.492 e. The third-order valence-corrected chi connectivity index (χ3v) is 3.41. The lowest BCUT2D eigenvalue weighted by Gasteiger charge is -2.11. The maximum atomic E-state index is 10.2. The number of rotatable bonds is 6. The van der Waals surface area contributed by atoms with E-state index in [0.717, 1.165) is 42.6 Å². The molecule has 0 radical (unpaired) electrons. The van der Waals surface area contributed by atoms with Crippen LogP contribution in [0, 0.1) is 5.92 Å². The zero-order chi connectivity index (χ0) is 14.5. The first-order valence-electron chi connectivity index (χ1n) is 7.47. The van der Waals surface area contributed by atoms with Crippen molar-refractivity contribution < 1.29 is 5.11 Å². The summed E-state index contributed by atoms with van der Waals surface area (Å²) in [6, 6.07) is 10.1. The van der Waals surface area contributed by atoms with Crippen LogP contribution in [-0.2, 0) is 13.0 Å². The van der Waals surface area contributed by atoms with Gasteiger partial charge < -0.3 is 5.11 Å². The maximum absolute atomic E-state index is 10.2. The van der Waals surface area contributed by atoms with Gasteiger partial charge in [0.15, 0.2) is 0 Å². The van der Waals surface area contributed by atoms with Crippen molar-refractivity contribution in [3.8, 4) is 17.0 Å². The number of aromatic nitrogens is 2. The van der Waals surface area contributed by atoms with E-state index in [9.17, 15) is 5.11 Å². The van der Waals surface area contributed by atoms with E-state index in [1.54, 1.807) is 0 Å². The minimum absolute atomic E-state index is 0.156. The summed E-state index contributed by atoms with van der Waals surface area (Å²) in [7, 11) is 0. The lowest BCUT2D eigenvalue weighted by molar-refractivity contribution is 0.416. The molecule has 2 aromatic rings. The number of hydrogen-bond acceptors (Lipinski definition) is 2. The van der Waals surface area contributed by atoms with Gasteiger partial charge in [-0.1, -0.05) is 57.5 Å². The Bertz CT molecular complexity index is 544. The molecule has 1 aromatic carbocycles. The topological polar surface area (TPSA) is 38.1 Å². The van der Waals surface area contributed by atoms with Crippen LogP contribution in [0.15, 0.2) is 30.3 Å². The summed E-state index contributed by atoms with van der Waals surface area (Å²) in [4.78, 5) is 0. The van der Waals surface area contributed by atoms with Crippen molar-refractivity contribution >= 4 is 0 Å². The highest BCUT2D eigenvalue weighted by Crippen LogP contribution is 2.33. The van der Waals surface area contributed by atoms with Crippen LogP contribution in [0.1, 0.15) is 39.3 Å². The van der Waals surface area contributed by atoms with Gasteiger partial charge in [0, 0.05) is 6.54 Å². The Labute approximate surface area is 121 Å². The molecule has 1 aromatic heterocycles. The summed E-state index contributed by atoms with van der Waals surface area (Å²) < 4.78 is 1.98. The van der Waals surface area contributed by atoms with Crippen LogP contribution >= 0.6 is 0 Å².